The molecule has 0 aromatic heterocycles. The predicted octanol–water partition coefficient (Wildman–Crippen LogP) is 3.92. The SMILES string of the molecule is S=[PH+]C(c1ccccc1)c1ccccc1. The molecule has 2 heteroatoms. The average Bonchev–Trinajstić information content (AvgIpc) is 2.33. The number of rotatable bonds is 3. The van der Waals surface area contributed by atoms with E-state index in [4.69, 9.17) is 11.8 Å². The van der Waals surface area contributed by atoms with Gasteiger partial charge in [0.2, 0.25) is 0 Å². The molecule has 0 nitrogen and oxygen atoms in total. The van der Waals surface area contributed by atoms with Crippen LogP contribution in [0.5, 0.6) is 0 Å². The van der Waals surface area contributed by atoms with Crippen LogP contribution < -0.4 is 0 Å². The molecule has 0 N–H and O–H groups in total. The summed E-state index contributed by atoms with van der Waals surface area (Å²) >= 11 is 5.27. The van der Waals surface area contributed by atoms with Crippen LogP contribution in [0.25, 0.3) is 0 Å². The van der Waals surface area contributed by atoms with Crippen LogP contribution >= 0.6 is 7.36 Å². The lowest BCUT2D eigenvalue weighted by molar-refractivity contribution is 1.16. The Morgan fingerprint density at radius 2 is 1.13 bits per heavy atom. The molecule has 2 aromatic rings. The normalized spacial score (nSPS) is 10.7. The molecule has 0 saturated carbocycles. The lowest BCUT2D eigenvalue weighted by Crippen LogP contribution is -1.91. The summed E-state index contributed by atoms with van der Waals surface area (Å²) in [7, 11) is 0.487. The third kappa shape index (κ3) is 2.50. The third-order valence-electron chi connectivity index (χ3n) is 2.38. The van der Waals surface area contributed by atoms with E-state index in [0.717, 1.165) is 0 Å². The van der Waals surface area contributed by atoms with Crippen molar-refractivity contribution in [2.45, 2.75) is 5.66 Å². The highest BCUT2D eigenvalue weighted by Gasteiger charge is 2.17. The van der Waals surface area contributed by atoms with Crippen LogP contribution in [0, 0.1) is 0 Å². The first-order valence-electron chi connectivity index (χ1n) is 4.89. The standard InChI is InChI=1S/C13H11PS/c15-14-13(11-7-3-1-4-8-11)12-9-5-2-6-10-12/h1-10,13H/p+1. The Hall–Kier alpha value is -1.04. The Morgan fingerprint density at radius 3 is 1.47 bits per heavy atom. The van der Waals surface area contributed by atoms with E-state index in [1.54, 1.807) is 0 Å². The fourth-order valence-corrected chi connectivity index (χ4v) is 3.09. The molecule has 74 valence electrons. The van der Waals surface area contributed by atoms with Crippen molar-refractivity contribution in [2.24, 2.45) is 0 Å². The molecular weight excluding hydrogens is 219 g/mol. The zero-order chi connectivity index (χ0) is 10.5. The van der Waals surface area contributed by atoms with Gasteiger partial charge >= 0.3 is 0 Å². The second-order valence-electron chi connectivity index (χ2n) is 3.37. The molecule has 0 bridgehead atoms. The van der Waals surface area contributed by atoms with Gasteiger partial charge in [-0.15, -0.1) is 0 Å². The van der Waals surface area contributed by atoms with Crippen LogP contribution in [-0.2, 0) is 11.8 Å². The minimum Gasteiger partial charge on any atom is -0.0622 e. The van der Waals surface area contributed by atoms with E-state index < -0.39 is 0 Å². The van der Waals surface area contributed by atoms with Crippen molar-refractivity contribution < 1.29 is 0 Å². The van der Waals surface area contributed by atoms with Crippen molar-refractivity contribution in [2.75, 3.05) is 0 Å². The summed E-state index contributed by atoms with van der Waals surface area (Å²) in [5, 5.41) is 0. The van der Waals surface area contributed by atoms with Gasteiger partial charge in [-0.3, -0.25) is 0 Å². The smallest absolute Gasteiger partial charge is 0.0622 e. The van der Waals surface area contributed by atoms with Crippen LogP contribution in [-0.4, -0.2) is 0 Å². The maximum Gasteiger partial charge on any atom is 0.176 e. The minimum atomic E-state index is 0.377. The molecule has 2 aromatic carbocycles. The van der Waals surface area contributed by atoms with Crippen LogP contribution in [0.1, 0.15) is 16.8 Å². The van der Waals surface area contributed by atoms with Crippen molar-refractivity contribution in [3.05, 3.63) is 71.8 Å². The van der Waals surface area contributed by atoms with Gasteiger partial charge in [-0.2, -0.15) is 0 Å². The molecule has 0 radical (unpaired) electrons. The Bertz CT molecular complexity index is 385. The highest BCUT2D eigenvalue weighted by atomic mass is 32.4. The van der Waals surface area contributed by atoms with Crippen molar-refractivity contribution in [1.29, 1.82) is 0 Å². The largest absolute Gasteiger partial charge is 0.176 e. The van der Waals surface area contributed by atoms with Crippen LogP contribution in [0.15, 0.2) is 60.7 Å². The summed E-state index contributed by atoms with van der Waals surface area (Å²) in [5.74, 6) is 0. The van der Waals surface area contributed by atoms with Gasteiger partial charge in [0.15, 0.2) is 24.8 Å². The Balaban J connectivity index is 2.38. The molecule has 0 aliphatic heterocycles. The highest BCUT2D eigenvalue weighted by Crippen LogP contribution is 2.33. The van der Waals surface area contributed by atoms with E-state index >= 15 is 0 Å². The molecule has 15 heavy (non-hydrogen) atoms. The van der Waals surface area contributed by atoms with E-state index in [1.807, 2.05) is 12.1 Å². The molecule has 1 unspecified atom stereocenters. The molecule has 0 saturated heterocycles. The lowest BCUT2D eigenvalue weighted by Gasteiger charge is -2.05. The average molecular weight is 231 g/mol. The van der Waals surface area contributed by atoms with Crippen molar-refractivity contribution in [3.8, 4) is 0 Å². The maximum atomic E-state index is 5.27. The predicted molar refractivity (Wildman–Crippen MR) is 70.4 cm³/mol. The van der Waals surface area contributed by atoms with Gasteiger partial charge < -0.3 is 0 Å². The maximum absolute atomic E-state index is 5.27. The van der Waals surface area contributed by atoms with Crippen LogP contribution in [0.4, 0.5) is 0 Å². The third-order valence-corrected chi connectivity index (χ3v) is 3.99. The van der Waals surface area contributed by atoms with Gasteiger partial charge in [-0.1, -0.05) is 60.7 Å². The molecular formula is C13H12PS+. The van der Waals surface area contributed by atoms with E-state index in [2.05, 4.69) is 48.5 Å². The van der Waals surface area contributed by atoms with E-state index in [1.165, 1.54) is 11.1 Å². The van der Waals surface area contributed by atoms with Gasteiger partial charge in [0.25, 0.3) is 0 Å². The minimum absolute atomic E-state index is 0.377. The first kappa shape index (κ1) is 10.5. The number of benzene rings is 2. The quantitative estimate of drug-likeness (QED) is 0.721. The molecule has 1 atom stereocenters. The monoisotopic (exact) mass is 231 g/mol. The first-order chi connectivity index (χ1) is 7.42. The first-order valence-corrected chi connectivity index (χ1v) is 7.10. The van der Waals surface area contributed by atoms with Gasteiger partial charge in [-0.05, 0) is 0 Å². The molecule has 0 heterocycles. The van der Waals surface area contributed by atoms with Crippen molar-refractivity contribution >= 4 is 19.2 Å². The number of hydrogen-bond donors (Lipinski definition) is 0. The molecule has 0 fully saturated rings. The second kappa shape index (κ2) is 5.16. The fourth-order valence-electron chi connectivity index (χ4n) is 1.62. The molecule has 0 aliphatic rings. The zero-order valence-electron chi connectivity index (χ0n) is 8.26. The lowest BCUT2D eigenvalue weighted by atomic mass is 10.0. The van der Waals surface area contributed by atoms with Gasteiger partial charge in [0, 0.05) is 11.1 Å². The highest BCUT2D eigenvalue weighted by molar-refractivity contribution is 7.96. The van der Waals surface area contributed by atoms with Crippen LogP contribution in [0.3, 0.4) is 0 Å². The molecule has 0 spiro atoms. The Morgan fingerprint density at radius 1 is 0.733 bits per heavy atom. The van der Waals surface area contributed by atoms with Crippen molar-refractivity contribution in [1.82, 2.24) is 0 Å². The van der Waals surface area contributed by atoms with Gasteiger partial charge in [0.1, 0.15) is 0 Å². The zero-order valence-corrected chi connectivity index (χ0v) is 10.1. The van der Waals surface area contributed by atoms with Gasteiger partial charge in [0.05, 0.1) is 0 Å². The molecule has 0 aliphatic carbocycles. The topological polar surface area (TPSA) is 0 Å². The van der Waals surface area contributed by atoms with E-state index in [0.29, 0.717) is 13.0 Å². The summed E-state index contributed by atoms with van der Waals surface area (Å²) in [5.41, 5.74) is 3.01. The number of hydrogen-bond acceptors (Lipinski definition) is 1. The van der Waals surface area contributed by atoms with E-state index in [-0.39, 0.29) is 0 Å². The Kier molecular flexibility index (Phi) is 3.60. The van der Waals surface area contributed by atoms with Gasteiger partial charge in [-0.25, -0.2) is 0 Å². The van der Waals surface area contributed by atoms with Crippen molar-refractivity contribution in [3.63, 3.8) is 0 Å². The molecule has 2 rings (SSSR count). The summed E-state index contributed by atoms with van der Waals surface area (Å²) < 4.78 is 0. The van der Waals surface area contributed by atoms with E-state index in [9.17, 15) is 0 Å². The molecule has 0 amide bonds. The fraction of sp³-hybridized carbons (Fsp3) is 0.0769. The summed E-state index contributed by atoms with van der Waals surface area (Å²) in [6.07, 6.45) is 0. The summed E-state index contributed by atoms with van der Waals surface area (Å²) in [6.45, 7) is 0. The Labute approximate surface area is 96.8 Å². The summed E-state index contributed by atoms with van der Waals surface area (Å²) in [6, 6.07) is 21.0. The second-order valence-corrected chi connectivity index (χ2v) is 4.89. The summed E-state index contributed by atoms with van der Waals surface area (Å²) in [4.78, 5) is 0. The van der Waals surface area contributed by atoms with Crippen LogP contribution in [0.2, 0.25) is 0 Å².